The van der Waals surface area contributed by atoms with Crippen LogP contribution in [-0.2, 0) is 20.5 Å². The quantitative estimate of drug-likeness (QED) is 0.435. The van der Waals surface area contributed by atoms with Crippen molar-refractivity contribution in [2.75, 3.05) is 0 Å². The summed E-state index contributed by atoms with van der Waals surface area (Å²) in [7, 11) is -1.94. The Morgan fingerprint density at radius 3 is 2.20 bits per heavy atom. The maximum Gasteiger partial charge on any atom is 0.192 e. The summed E-state index contributed by atoms with van der Waals surface area (Å²) in [6.45, 7) is 14.2. The molecule has 1 aliphatic rings. The first-order valence-corrected chi connectivity index (χ1v) is 14.6. The molecule has 0 bridgehead atoms. The van der Waals surface area contributed by atoms with E-state index in [9.17, 15) is 0 Å². The van der Waals surface area contributed by atoms with E-state index < -0.39 is 8.32 Å². The van der Waals surface area contributed by atoms with Gasteiger partial charge in [-0.3, -0.25) is 0 Å². The number of rotatable bonds is 7. The van der Waals surface area contributed by atoms with E-state index in [2.05, 4.69) is 89.3 Å². The molecule has 3 rings (SSSR count). The van der Waals surface area contributed by atoms with Gasteiger partial charge in [0.05, 0.1) is 18.8 Å². The molecule has 0 spiro atoms. The average molecular weight is 445 g/mol. The highest BCUT2D eigenvalue weighted by molar-refractivity contribution is 7.99. The normalized spacial score (nSPS) is 25.3. The standard InChI is InChI=1S/C25H36O3SSi/c1-19-24(26-18-20-13-9-7-10-14-20)22(28-30(5,6)25(2,3)4)17-23(27-19)29-21-15-11-8-12-16-21/h7-16,19,22-24H,17-18H2,1-6H3/t19-,22+,23?,24+/m1/s1. The lowest BCUT2D eigenvalue weighted by molar-refractivity contribution is -0.162. The third kappa shape index (κ3) is 6.20. The molecule has 0 saturated carbocycles. The van der Waals surface area contributed by atoms with Gasteiger partial charge in [0.25, 0.3) is 0 Å². The molecule has 2 aromatic rings. The van der Waals surface area contributed by atoms with Crippen molar-refractivity contribution < 1.29 is 13.9 Å². The molecule has 1 saturated heterocycles. The summed E-state index contributed by atoms with van der Waals surface area (Å²) in [4.78, 5) is 1.23. The molecule has 1 fully saturated rings. The predicted molar refractivity (Wildman–Crippen MR) is 128 cm³/mol. The Labute approximate surface area is 187 Å². The van der Waals surface area contributed by atoms with Gasteiger partial charge in [-0.05, 0) is 42.8 Å². The fourth-order valence-corrected chi connectivity index (χ4v) is 5.88. The van der Waals surface area contributed by atoms with Crippen molar-refractivity contribution in [2.24, 2.45) is 0 Å². The fourth-order valence-electron chi connectivity index (χ4n) is 3.41. The third-order valence-electron chi connectivity index (χ3n) is 6.17. The van der Waals surface area contributed by atoms with Crippen LogP contribution in [0.5, 0.6) is 0 Å². The maximum absolute atomic E-state index is 6.90. The Bertz CT molecular complexity index is 776. The first-order valence-electron chi connectivity index (χ1n) is 10.9. The van der Waals surface area contributed by atoms with Crippen molar-refractivity contribution in [3.8, 4) is 0 Å². The van der Waals surface area contributed by atoms with Crippen LogP contribution >= 0.6 is 11.8 Å². The summed E-state index contributed by atoms with van der Waals surface area (Å²) in [5.74, 6) is 0. The summed E-state index contributed by atoms with van der Waals surface area (Å²) in [5.41, 5.74) is 1.24. The van der Waals surface area contributed by atoms with Crippen molar-refractivity contribution in [2.45, 2.75) is 87.5 Å². The van der Waals surface area contributed by atoms with Crippen LogP contribution in [0.15, 0.2) is 65.6 Å². The Kier molecular flexibility index (Phi) is 7.85. The number of ether oxygens (including phenoxy) is 2. The van der Waals surface area contributed by atoms with Gasteiger partial charge in [-0.25, -0.2) is 0 Å². The van der Waals surface area contributed by atoms with Crippen LogP contribution in [0.25, 0.3) is 0 Å². The maximum atomic E-state index is 6.90. The molecule has 0 aromatic heterocycles. The van der Waals surface area contributed by atoms with Crippen LogP contribution in [0.1, 0.15) is 39.7 Å². The summed E-state index contributed by atoms with van der Waals surface area (Å²) < 4.78 is 19.7. The molecule has 0 N–H and O–H groups in total. The molecular weight excluding hydrogens is 408 g/mol. The average Bonchev–Trinajstić information content (AvgIpc) is 2.68. The number of hydrogen-bond donors (Lipinski definition) is 0. The van der Waals surface area contributed by atoms with E-state index in [0.29, 0.717) is 6.61 Å². The molecule has 0 amide bonds. The minimum absolute atomic E-state index is 0.0274. The molecule has 3 nitrogen and oxygen atoms in total. The smallest absolute Gasteiger partial charge is 0.192 e. The monoisotopic (exact) mass is 444 g/mol. The first kappa shape index (κ1) is 23.5. The Balaban J connectivity index is 1.75. The zero-order valence-corrected chi connectivity index (χ0v) is 20.9. The molecule has 1 heterocycles. The van der Waals surface area contributed by atoms with Crippen LogP contribution in [-0.4, -0.2) is 32.1 Å². The van der Waals surface area contributed by atoms with Crippen LogP contribution in [0.4, 0.5) is 0 Å². The van der Waals surface area contributed by atoms with Gasteiger partial charge in [-0.1, -0.05) is 81.1 Å². The van der Waals surface area contributed by atoms with Gasteiger partial charge < -0.3 is 13.9 Å². The summed E-state index contributed by atoms with van der Waals surface area (Å²) in [6.07, 6.45) is 0.750. The molecular formula is C25H36O3SSi. The second-order valence-electron chi connectivity index (χ2n) is 9.62. The predicted octanol–water partition coefficient (Wildman–Crippen LogP) is 6.89. The molecule has 4 atom stereocenters. The Hall–Kier alpha value is -1.11. The Morgan fingerprint density at radius 2 is 1.60 bits per heavy atom. The lowest BCUT2D eigenvalue weighted by Gasteiger charge is -2.46. The van der Waals surface area contributed by atoms with Gasteiger partial charge in [0.1, 0.15) is 11.5 Å². The number of thioether (sulfide) groups is 1. The van der Waals surface area contributed by atoms with Crippen molar-refractivity contribution in [3.63, 3.8) is 0 Å². The van der Waals surface area contributed by atoms with E-state index in [0.717, 1.165) is 6.42 Å². The van der Waals surface area contributed by atoms with E-state index in [1.807, 2.05) is 12.1 Å². The highest BCUT2D eigenvalue weighted by Gasteiger charge is 2.45. The van der Waals surface area contributed by atoms with Gasteiger partial charge >= 0.3 is 0 Å². The topological polar surface area (TPSA) is 27.7 Å². The van der Waals surface area contributed by atoms with E-state index in [4.69, 9.17) is 13.9 Å². The highest BCUT2D eigenvalue weighted by atomic mass is 32.2. The third-order valence-corrected chi connectivity index (χ3v) is 11.8. The van der Waals surface area contributed by atoms with Gasteiger partial charge in [0.2, 0.25) is 0 Å². The zero-order valence-electron chi connectivity index (χ0n) is 19.1. The van der Waals surface area contributed by atoms with E-state index >= 15 is 0 Å². The molecule has 1 unspecified atom stereocenters. The summed E-state index contributed by atoms with van der Waals surface area (Å²) >= 11 is 1.78. The SMILES string of the molecule is C[C@H]1OC(Sc2ccccc2)C[C@H](O[Si](C)(C)C(C)(C)C)[C@H]1OCc1ccccc1. The molecule has 0 aliphatic carbocycles. The van der Waals surface area contributed by atoms with E-state index in [-0.39, 0.29) is 28.8 Å². The summed E-state index contributed by atoms with van der Waals surface area (Å²) in [6, 6.07) is 20.8. The van der Waals surface area contributed by atoms with E-state index in [1.54, 1.807) is 11.8 Å². The fraction of sp³-hybridized carbons (Fsp3) is 0.520. The van der Waals surface area contributed by atoms with E-state index in [1.165, 1.54) is 10.5 Å². The van der Waals surface area contributed by atoms with Crippen LogP contribution in [0, 0.1) is 0 Å². The lowest BCUT2D eigenvalue weighted by Crippen LogP contribution is -2.54. The van der Waals surface area contributed by atoms with Crippen molar-refractivity contribution in [1.82, 2.24) is 0 Å². The van der Waals surface area contributed by atoms with Crippen molar-refractivity contribution >= 4 is 20.1 Å². The van der Waals surface area contributed by atoms with Gasteiger partial charge in [-0.15, -0.1) is 0 Å². The molecule has 5 heteroatoms. The number of hydrogen-bond acceptors (Lipinski definition) is 4. The minimum atomic E-state index is -1.94. The molecule has 0 radical (unpaired) electrons. The number of benzene rings is 2. The largest absolute Gasteiger partial charge is 0.411 e. The Morgan fingerprint density at radius 1 is 1.00 bits per heavy atom. The van der Waals surface area contributed by atoms with Crippen molar-refractivity contribution in [1.29, 1.82) is 0 Å². The molecule has 1 aliphatic heterocycles. The van der Waals surface area contributed by atoms with Gasteiger partial charge in [-0.2, -0.15) is 0 Å². The van der Waals surface area contributed by atoms with Crippen LogP contribution < -0.4 is 0 Å². The van der Waals surface area contributed by atoms with Crippen molar-refractivity contribution in [3.05, 3.63) is 66.2 Å². The highest BCUT2D eigenvalue weighted by Crippen LogP contribution is 2.41. The second kappa shape index (κ2) is 10.0. The second-order valence-corrected chi connectivity index (χ2v) is 15.6. The van der Waals surface area contributed by atoms with Gasteiger partial charge in [0.15, 0.2) is 8.32 Å². The molecule has 30 heavy (non-hydrogen) atoms. The lowest BCUT2D eigenvalue weighted by atomic mass is 10.0. The minimum Gasteiger partial charge on any atom is -0.411 e. The molecule has 2 aromatic carbocycles. The first-order chi connectivity index (χ1) is 14.2. The zero-order chi connectivity index (χ0) is 21.8. The van der Waals surface area contributed by atoms with Gasteiger partial charge in [0, 0.05) is 11.3 Å². The van der Waals surface area contributed by atoms with Crippen LogP contribution in [0.3, 0.4) is 0 Å². The van der Waals surface area contributed by atoms with Crippen LogP contribution in [0.2, 0.25) is 18.1 Å². The molecule has 164 valence electrons. The summed E-state index contributed by atoms with van der Waals surface area (Å²) in [5, 5.41) is 0.153.